The highest BCUT2D eigenvalue weighted by Crippen LogP contribution is 2.36. The molecule has 1 aromatic carbocycles. The number of benzene rings is 1. The molecule has 1 atom stereocenters. The van der Waals surface area contributed by atoms with Gasteiger partial charge in [0.05, 0.1) is 11.2 Å². The van der Waals surface area contributed by atoms with E-state index in [1.807, 2.05) is 52.8 Å². The van der Waals surface area contributed by atoms with Crippen molar-refractivity contribution < 1.29 is 19.2 Å². The van der Waals surface area contributed by atoms with Crippen LogP contribution in [0.15, 0.2) is 18.2 Å². The summed E-state index contributed by atoms with van der Waals surface area (Å²) >= 11 is 0. The molecule has 0 aromatic heterocycles. The fourth-order valence-electron chi connectivity index (χ4n) is 3.09. The van der Waals surface area contributed by atoms with Gasteiger partial charge in [-0.2, -0.15) is 0 Å². The van der Waals surface area contributed by atoms with Crippen LogP contribution in [-0.2, 0) is 14.1 Å². The number of carbonyl (C=O) groups excluding carboxylic acids is 1. The van der Waals surface area contributed by atoms with Gasteiger partial charge in [-0.3, -0.25) is 4.79 Å². The number of aryl methyl sites for hydroxylation is 1. The van der Waals surface area contributed by atoms with E-state index in [0.29, 0.717) is 13.0 Å². The Kier molecular flexibility index (Phi) is 4.47. The van der Waals surface area contributed by atoms with Crippen molar-refractivity contribution >= 4 is 18.5 Å². The lowest BCUT2D eigenvalue weighted by molar-refractivity contribution is -0.137. The lowest BCUT2D eigenvalue weighted by Crippen LogP contribution is -2.41. The van der Waals surface area contributed by atoms with Crippen LogP contribution in [0, 0.1) is 18.8 Å². The number of rotatable bonds is 1. The molecule has 1 amide bonds. The molecule has 2 heterocycles. The van der Waals surface area contributed by atoms with Gasteiger partial charge in [-0.1, -0.05) is 23.5 Å². The Hall–Kier alpha value is -1.81. The maximum atomic E-state index is 12.1. The lowest BCUT2D eigenvalue weighted by atomic mass is 9.75. The highest BCUT2D eigenvalue weighted by molar-refractivity contribution is 6.62. The monoisotopic (exact) mass is 355 g/mol. The fourth-order valence-corrected chi connectivity index (χ4v) is 3.09. The zero-order valence-electron chi connectivity index (χ0n) is 16.3. The van der Waals surface area contributed by atoms with Crippen LogP contribution < -0.4 is 5.46 Å². The van der Waals surface area contributed by atoms with Crippen LogP contribution in [0.3, 0.4) is 0 Å². The molecule has 6 heteroatoms. The first-order valence-electron chi connectivity index (χ1n) is 8.92. The Morgan fingerprint density at radius 2 is 1.81 bits per heavy atom. The van der Waals surface area contributed by atoms with E-state index in [4.69, 9.17) is 9.31 Å². The Labute approximate surface area is 155 Å². The minimum absolute atomic E-state index is 0.325. The SMILES string of the molecule is Cc1ccc(C#CC2(O)CCN(C)C2=O)cc1B1OC(C)(C)C(C)(C)O1. The minimum Gasteiger partial charge on any atom is -0.399 e. The Balaban J connectivity index is 1.89. The summed E-state index contributed by atoms with van der Waals surface area (Å²) in [7, 11) is 1.20. The molecule has 2 aliphatic heterocycles. The smallest absolute Gasteiger partial charge is 0.399 e. The first-order valence-corrected chi connectivity index (χ1v) is 8.92. The summed E-state index contributed by atoms with van der Waals surface area (Å²) in [5, 5.41) is 10.4. The summed E-state index contributed by atoms with van der Waals surface area (Å²) < 4.78 is 12.3. The number of aliphatic hydroxyl groups is 1. The Morgan fingerprint density at radius 3 is 2.35 bits per heavy atom. The number of nitrogens with zero attached hydrogens (tertiary/aromatic N) is 1. The van der Waals surface area contributed by atoms with Crippen molar-refractivity contribution in [1.82, 2.24) is 4.90 Å². The van der Waals surface area contributed by atoms with Crippen molar-refractivity contribution in [2.45, 2.75) is 57.8 Å². The van der Waals surface area contributed by atoms with E-state index in [1.165, 1.54) is 4.90 Å². The number of likely N-dealkylation sites (tertiary alicyclic amines) is 1. The molecule has 2 saturated heterocycles. The van der Waals surface area contributed by atoms with Gasteiger partial charge in [0.15, 0.2) is 0 Å². The van der Waals surface area contributed by atoms with Crippen LogP contribution in [0.25, 0.3) is 0 Å². The maximum Gasteiger partial charge on any atom is 0.495 e. The fraction of sp³-hybridized carbons (Fsp3) is 0.550. The normalized spacial score (nSPS) is 26.8. The topological polar surface area (TPSA) is 59.0 Å². The molecule has 0 radical (unpaired) electrons. The highest BCUT2D eigenvalue weighted by atomic mass is 16.7. The number of hydrogen-bond acceptors (Lipinski definition) is 4. The molecule has 26 heavy (non-hydrogen) atoms. The standard InChI is InChI=1S/C20H26BNO4/c1-14-7-8-15(9-10-20(24)11-12-22(6)17(20)23)13-16(14)21-25-18(2,3)19(4,5)26-21/h7-8,13,24H,11-12H2,1-6H3. The lowest BCUT2D eigenvalue weighted by Gasteiger charge is -2.32. The molecule has 0 aliphatic carbocycles. The van der Waals surface area contributed by atoms with Crippen molar-refractivity contribution in [3.05, 3.63) is 29.3 Å². The average Bonchev–Trinajstić information content (AvgIpc) is 2.93. The number of amides is 1. The molecule has 2 aliphatic rings. The van der Waals surface area contributed by atoms with E-state index in [9.17, 15) is 9.90 Å². The second-order valence-electron chi connectivity index (χ2n) is 8.25. The van der Waals surface area contributed by atoms with Crippen LogP contribution in [0.1, 0.15) is 45.2 Å². The van der Waals surface area contributed by atoms with Gasteiger partial charge in [-0.15, -0.1) is 0 Å². The average molecular weight is 355 g/mol. The Morgan fingerprint density at radius 1 is 1.19 bits per heavy atom. The zero-order chi connectivity index (χ0) is 19.3. The molecule has 138 valence electrons. The summed E-state index contributed by atoms with van der Waals surface area (Å²) in [6.07, 6.45) is 0.325. The molecule has 1 aromatic rings. The number of likely N-dealkylation sites (N-methyl/N-ethyl adjacent to an activating group) is 1. The highest BCUT2D eigenvalue weighted by Gasteiger charge is 2.52. The quantitative estimate of drug-likeness (QED) is 0.608. The summed E-state index contributed by atoms with van der Waals surface area (Å²) in [6.45, 7) is 10.6. The first-order chi connectivity index (χ1) is 12.0. The van der Waals surface area contributed by atoms with E-state index in [0.717, 1.165) is 16.6 Å². The van der Waals surface area contributed by atoms with E-state index in [-0.39, 0.29) is 5.91 Å². The van der Waals surface area contributed by atoms with Crippen LogP contribution in [0.2, 0.25) is 0 Å². The van der Waals surface area contributed by atoms with E-state index < -0.39 is 23.9 Å². The van der Waals surface area contributed by atoms with Crippen molar-refractivity contribution in [3.8, 4) is 11.8 Å². The minimum atomic E-state index is -1.59. The third kappa shape index (κ3) is 3.16. The largest absolute Gasteiger partial charge is 0.495 e. The van der Waals surface area contributed by atoms with Gasteiger partial charge in [0.1, 0.15) is 0 Å². The second-order valence-corrected chi connectivity index (χ2v) is 8.25. The first kappa shape index (κ1) is 19.0. The molecule has 1 unspecified atom stereocenters. The van der Waals surface area contributed by atoms with Gasteiger partial charge < -0.3 is 19.3 Å². The molecule has 1 N–H and O–H groups in total. The molecule has 0 saturated carbocycles. The van der Waals surface area contributed by atoms with Gasteiger partial charge >= 0.3 is 7.12 Å². The predicted molar refractivity (Wildman–Crippen MR) is 101 cm³/mol. The van der Waals surface area contributed by atoms with Crippen molar-refractivity contribution in [2.75, 3.05) is 13.6 Å². The number of hydrogen-bond donors (Lipinski definition) is 1. The van der Waals surface area contributed by atoms with E-state index in [1.54, 1.807) is 7.05 Å². The van der Waals surface area contributed by atoms with Gasteiger partial charge in [-0.05, 0) is 52.2 Å². The second kappa shape index (κ2) is 6.12. The molecule has 5 nitrogen and oxygen atoms in total. The van der Waals surface area contributed by atoms with Crippen molar-refractivity contribution in [3.63, 3.8) is 0 Å². The molecule has 2 fully saturated rings. The van der Waals surface area contributed by atoms with Gasteiger partial charge in [0.25, 0.3) is 5.91 Å². The summed E-state index contributed by atoms with van der Waals surface area (Å²) in [5.74, 6) is 5.36. The molecule has 0 bridgehead atoms. The Bertz CT molecular complexity index is 792. The summed E-state index contributed by atoms with van der Waals surface area (Å²) in [6, 6.07) is 5.75. The van der Waals surface area contributed by atoms with Crippen LogP contribution in [0.5, 0.6) is 0 Å². The molecular weight excluding hydrogens is 329 g/mol. The maximum absolute atomic E-state index is 12.1. The summed E-state index contributed by atoms with van der Waals surface area (Å²) in [5.41, 5.74) is 0.256. The van der Waals surface area contributed by atoms with Crippen LogP contribution in [0.4, 0.5) is 0 Å². The van der Waals surface area contributed by atoms with E-state index in [2.05, 4.69) is 11.8 Å². The van der Waals surface area contributed by atoms with Crippen molar-refractivity contribution in [2.24, 2.45) is 0 Å². The van der Waals surface area contributed by atoms with E-state index >= 15 is 0 Å². The van der Waals surface area contributed by atoms with Gasteiger partial charge in [0, 0.05) is 25.6 Å². The zero-order valence-corrected chi connectivity index (χ0v) is 16.3. The third-order valence-corrected chi connectivity index (χ3v) is 5.71. The van der Waals surface area contributed by atoms with Crippen LogP contribution in [-0.4, -0.2) is 53.4 Å². The van der Waals surface area contributed by atoms with Gasteiger partial charge in [0.2, 0.25) is 5.60 Å². The predicted octanol–water partition coefficient (Wildman–Crippen LogP) is 1.24. The third-order valence-electron chi connectivity index (χ3n) is 5.71. The molecular formula is C20H26BNO4. The molecule has 0 spiro atoms. The van der Waals surface area contributed by atoms with Crippen molar-refractivity contribution in [1.29, 1.82) is 0 Å². The van der Waals surface area contributed by atoms with Crippen LogP contribution >= 0.6 is 0 Å². The molecule has 3 rings (SSSR count). The summed E-state index contributed by atoms with van der Waals surface area (Å²) in [4.78, 5) is 13.6. The number of carbonyl (C=O) groups is 1. The van der Waals surface area contributed by atoms with Gasteiger partial charge in [-0.25, -0.2) is 0 Å².